The molecule has 0 aliphatic rings. The zero-order valence-corrected chi connectivity index (χ0v) is 10.8. The molecule has 0 bridgehead atoms. The number of H-pyrrole nitrogens is 1. The highest BCUT2D eigenvalue weighted by atomic mass is 35.5. The van der Waals surface area contributed by atoms with E-state index in [9.17, 15) is 0 Å². The van der Waals surface area contributed by atoms with Crippen LogP contribution in [0, 0.1) is 0 Å². The van der Waals surface area contributed by atoms with Gasteiger partial charge in [0.1, 0.15) is 10.2 Å². The molecule has 0 spiro atoms. The van der Waals surface area contributed by atoms with E-state index in [1.165, 1.54) is 11.3 Å². The van der Waals surface area contributed by atoms with Gasteiger partial charge in [0.15, 0.2) is 0 Å². The second-order valence-electron chi connectivity index (χ2n) is 3.37. The van der Waals surface area contributed by atoms with Crippen LogP contribution < -0.4 is 5.73 Å². The second kappa shape index (κ2) is 5.19. The van der Waals surface area contributed by atoms with Crippen LogP contribution in [0.25, 0.3) is 11.3 Å². The molecule has 0 saturated carbocycles. The molecule has 0 fully saturated rings. The third-order valence-corrected chi connectivity index (χ3v) is 3.68. The number of nitrogens with zero attached hydrogens (tertiary/aromatic N) is 1. The van der Waals surface area contributed by atoms with Crippen molar-refractivity contribution in [3.63, 3.8) is 0 Å². The normalized spacial score (nSPS) is 10.9. The molecular formula is C10H11Cl2N3S. The number of aryl methyl sites for hydroxylation is 1. The summed E-state index contributed by atoms with van der Waals surface area (Å²) in [5.74, 6) is 0.929. The average molecular weight is 276 g/mol. The lowest BCUT2D eigenvalue weighted by Crippen LogP contribution is -2.01. The van der Waals surface area contributed by atoms with Gasteiger partial charge in [-0.3, -0.25) is 0 Å². The van der Waals surface area contributed by atoms with Crippen LogP contribution in [0.4, 0.5) is 0 Å². The van der Waals surface area contributed by atoms with Crippen LogP contribution in [0.5, 0.6) is 0 Å². The Morgan fingerprint density at radius 3 is 2.88 bits per heavy atom. The Bertz CT molecular complexity index is 478. The summed E-state index contributed by atoms with van der Waals surface area (Å²) < 4.78 is 1.36. The van der Waals surface area contributed by atoms with E-state index in [1.54, 1.807) is 6.20 Å². The monoisotopic (exact) mass is 275 g/mol. The van der Waals surface area contributed by atoms with Gasteiger partial charge in [0.25, 0.3) is 0 Å². The van der Waals surface area contributed by atoms with Crippen LogP contribution in [-0.2, 0) is 6.42 Å². The van der Waals surface area contributed by atoms with Crippen molar-refractivity contribution in [3.05, 3.63) is 26.8 Å². The van der Waals surface area contributed by atoms with E-state index in [2.05, 4.69) is 9.97 Å². The summed E-state index contributed by atoms with van der Waals surface area (Å²) in [7, 11) is 0. The molecule has 0 aliphatic carbocycles. The summed E-state index contributed by atoms with van der Waals surface area (Å²) in [6.07, 6.45) is 3.55. The molecule has 0 radical (unpaired) electrons. The van der Waals surface area contributed by atoms with Crippen LogP contribution in [0.3, 0.4) is 0 Å². The van der Waals surface area contributed by atoms with Crippen molar-refractivity contribution in [2.24, 2.45) is 5.73 Å². The van der Waals surface area contributed by atoms with Crippen LogP contribution in [0.2, 0.25) is 8.67 Å². The molecule has 2 heterocycles. The van der Waals surface area contributed by atoms with Crippen LogP contribution in [0.1, 0.15) is 12.2 Å². The molecule has 0 aliphatic heterocycles. The molecule has 2 aromatic heterocycles. The maximum atomic E-state index is 6.06. The molecule has 3 nitrogen and oxygen atoms in total. The number of aromatic amines is 1. The number of halogens is 2. The SMILES string of the molecule is NCCCc1ncc(-c2cc(Cl)sc2Cl)[nH]1. The number of nitrogens with one attached hydrogen (secondary N) is 1. The van der Waals surface area contributed by atoms with E-state index in [1.807, 2.05) is 6.07 Å². The van der Waals surface area contributed by atoms with E-state index in [4.69, 9.17) is 28.9 Å². The zero-order valence-electron chi connectivity index (χ0n) is 8.46. The largest absolute Gasteiger partial charge is 0.342 e. The predicted molar refractivity (Wildman–Crippen MR) is 69.3 cm³/mol. The second-order valence-corrected chi connectivity index (χ2v) is 5.66. The zero-order chi connectivity index (χ0) is 11.5. The molecule has 6 heteroatoms. The molecule has 0 amide bonds. The van der Waals surface area contributed by atoms with Crippen LogP contribution >= 0.6 is 34.5 Å². The van der Waals surface area contributed by atoms with Gasteiger partial charge in [-0.05, 0) is 19.0 Å². The summed E-state index contributed by atoms with van der Waals surface area (Å²) in [6, 6.07) is 1.84. The van der Waals surface area contributed by atoms with Crippen molar-refractivity contribution < 1.29 is 0 Å². The van der Waals surface area contributed by atoms with Gasteiger partial charge >= 0.3 is 0 Å². The maximum Gasteiger partial charge on any atom is 0.106 e. The van der Waals surface area contributed by atoms with Gasteiger partial charge in [-0.2, -0.15) is 0 Å². The van der Waals surface area contributed by atoms with Crippen molar-refractivity contribution in [2.45, 2.75) is 12.8 Å². The lowest BCUT2D eigenvalue weighted by Gasteiger charge is -1.94. The minimum atomic E-state index is 0.668. The molecule has 0 unspecified atom stereocenters. The molecule has 0 aromatic carbocycles. The Morgan fingerprint density at radius 2 is 2.25 bits per heavy atom. The lowest BCUT2D eigenvalue weighted by atomic mass is 10.3. The van der Waals surface area contributed by atoms with Crippen molar-refractivity contribution in [1.82, 2.24) is 9.97 Å². The molecule has 2 aromatic rings. The highest BCUT2D eigenvalue weighted by Crippen LogP contribution is 2.37. The Morgan fingerprint density at radius 1 is 1.44 bits per heavy atom. The highest BCUT2D eigenvalue weighted by molar-refractivity contribution is 7.20. The van der Waals surface area contributed by atoms with E-state index in [-0.39, 0.29) is 0 Å². The lowest BCUT2D eigenvalue weighted by molar-refractivity contribution is 0.794. The van der Waals surface area contributed by atoms with Crippen molar-refractivity contribution >= 4 is 34.5 Å². The number of nitrogens with two attached hydrogens (primary N) is 1. The quantitative estimate of drug-likeness (QED) is 0.899. The van der Waals surface area contributed by atoms with Gasteiger partial charge < -0.3 is 10.7 Å². The minimum Gasteiger partial charge on any atom is -0.342 e. The third kappa shape index (κ3) is 2.58. The number of thiophene rings is 1. The highest BCUT2D eigenvalue weighted by Gasteiger charge is 2.10. The summed E-state index contributed by atoms with van der Waals surface area (Å²) in [6.45, 7) is 0.668. The number of hydrogen-bond acceptors (Lipinski definition) is 3. The summed E-state index contributed by atoms with van der Waals surface area (Å²) in [4.78, 5) is 7.49. The van der Waals surface area contributed by atoms with Gasteiger partial charge in [0, 0.05) is 12.0 Å². The van der Waals surface area contributed by atoms with Crippen molar-refractivity contribution in [2.75, 3.05) is 6.54 Å². The molecule has 3 N–H and O–H groups in total. The molecule has 0 atom stereocenters. The van der Waals surface area contributed by atoms with E-state index in [0.717, 1.165) is 29.9 Å². The summed E-state index contributed by atoms with van der Waals surface area (Å²) in [5, 5.41) is 0. The molecular weight excluding hydrogens is 265 g/mol. The van der Waals surface area contributed by atoms with Gasteiger partial charge in [-0.1, -0.05) is 23.2 Å². The molecule has 86 valence electrons. The first-order valence-electron chi connectivity index (χ1n) is 4.90. The number of rotatable bonds is 4. The molecule has 2 rings (SSSR count). The number of hydrogen-bond donors (Lipinski definition) is 2. The fraction of sp³-hybridized carbons (Fsp3) is 0.300. The summed E-state index contributed by atoms with van der Waals surface area (Å²) >= 11 is 13.3. The number of imidazole rings is 1. The van der Waals surface area contributed by atoms with Gasteiger partial charge in [-0.25, -0.2) is 4.98 Å². The summed E-state index contributed by atoms with van der Waals surface area (Å²) in [5.41, 5.74) is 7.25. The van der Waals surface area contributed by atoms with E-state index in [0.29, 0.717) is 15.2 Å². The maximum absolute atomic E-state index is 6.06. The predicted octanol–water partition coefficient (Wildman–Crippen LogP) is 3.34. The smallest absolute Gasteiger partial charge is 0.106 e. The topological polar surface area (TPSA) is 54.7 Å². The van der Waals surface area contributed by atoms with E-state index < -0.39 is 0 Å². The van der Waals surface area contributed by atoms with Gasteiger partial charge in [-0.15, -0.1) is 11.3 Å². The van der Waals surface area contributed by atoms with Gasteiger partial charge in [0.2, 0.25) is 0 Å². The standard InChI is InChI=1S/C10H11Cl2N3S/c11-8-4-6(10(12)16-8)7-5-14-9(15-7)2-1-3-13/h4-5H,1-3,13H2,(H,14,15). The molecule has 16 heavy (non-hydrogen) atoms. The fourth-order valence-corrected chi connectivity index (χ4v) is 2.91. The first kappa shape index (κ1) is 11.9. The Labute approximate surface area is 108 Å². The van der Waals surface area contributed by atoms with Crippen LogP contribution in [-0.4, -0.2) is 16.5 Å². The third-order valence-electron chi connectivity index (χ3n) is 2.19. The van der Waals surface area contributed by atoms with Crippen molar-refractivity contribution in [1.29, 1.82) is 0 Å². The minimum absolute atomic E-state index is 0.668. The Kier molecular flexibility index (Phi) is 3.86. The Balaban J connectivity index is 2.21. The number of aromatic nitrogens is 2. The molecule has 0 saturated heterocycles. The van der Waals surface area contributed by atoms with Crippen molar-refractivity contribution in [3.8, 4) is 11.3 Å². The van der Waals surface area contributed by atoms with Gasteiger partial charge in [0.05, 0.1) is 16.2 Å². The first-order valence-corrected chi connectivity index (χ1v) is 6.47. The first-order chi connectivity index (χ1) is 7.70. The fourth-order valence-electron chi connectivity index (χ4n) is 1.42. The van der Waals surface area contributed by atoms with E-state index >= 15 is 0 Å². The average Bonchev–Trinajstić information content (AvgIpc) is 2.82. The van der Waals surface area contributed by atoms with Crippen LogP contribution in [0.15, 0.2) is 12.3 Å². The Hall–Kier alpha value is -0.550.